The zero-order valence-electron chi connectivity index (χ0n) is 22.1. The second kappa shape index (κ2) is 13.8. The Bertz CT molecular complexity index is 877. The normalized spacial score (nSPS) is 15.3. The van der Waals surface area contributed by atoms with Gasteiger partial charge < -0.3 is 19.3 Å². The Hall–Kier alpha value is -3.16. The zero-order valence-corrected chi connectivity index (χ0v) is 22.1. The average Bonchev–Trinajstić information content (AvgIpc) is 2.91. The van der Waals surface area contributed by atoms with E-state index >= 15 is 0 Å². The molecule has 1 saturated heterocycles. The molecule has 2 aromatic heterocycles. The van der Waals surface area contributed by atoms with Crippen molar-refractivity contribution in [3.05, 3.63) is 47.8 Å². The van der Waals surface area contributed by atoms with Gasteiger partial charge in [0.1, 0.15) is 11.6 Å². The molecule has 0 bridgehead atoms. The summed E-state index contributed by atoms with van der Waals surface area (Å²) in [7, 11) is 0. The number of pyridine rings is 2. The van der Waals surface area contributed by atoms with E-state index in [4.69, 9.17) is 9.47 Å². The van der Waals surface area contributed by atoms with Crippen LogP contribution < -0.4 is 9.80 Å². The predicted octanol–water partition coefficient (Wildman–Crippen LogP) is 5.27. The zero-order chi connectivity index (χ0) is 25.9. The number of piperazine rings is 1. The molecule has 1 aliphatic rings. The molecule has 2 atom stereocenters. The van der Waals surface area contributed by atoms with Gasteiger partial charge in [0.15, 0.2) is 0 Å². The molecular formula is C28H40N4O4. The molecule has 0 spiro atoms. The van der Waals surface area contributed by atoms with Crippen LogP contribution in [0.15, 0.2) is 36.7 Å². The maximum Gasteiger partial charge on any atom is 0.339 e. The van der Waals surface area contributed by atoms with Crippen LogP contribution in [0.1, 0.15) is 86.9 Å². The lowest BCUT2D eigenvalue weighted by Crippen LogP contribution is -2.47. The van der Waals surface area contributed by atoms with Gasteiger partial charge >= 0.3 is 11.9 Å². The minimum absolute atomic E-state index is 0.0899. The third kappa shape index (κ3) is 7.93. The van der Waals surface area contributed by atoms with E-state index in [0.29, 0.717) is 11.1 Å². The van der Waals surface area contributed by atoms with Crippen molar-refractivity contribution in [1.82, 2.24) is 9.97 Å². The molecule has 0 saturated carbocycles. The molecular weight excluding hydrogens is 456 g/mol. The van der Waals surface area contributed by atoms with E-state index in [0.717, 1.165) is 76.3 Å². The standard InChI is InChI=1S/C28H40N4O4/c1-5-7-9-21(3)35-27(33)23-11-13-25(29-19-23)31-15-17-32(18-16-31)26-14-12-24(20-30-26)28(34)36-22(4)10-8-6-2/h11-14,19-22H,5-10,15-18H2,1-4H3/t21-,22?/m0/s1. The summed E-state index contributed by atoms with van der Waals surface area (Å²) < 4.78 is 11.0. The Balaban J connectivity index is 1.48. The third-order valence-electron chi connectivity index (χ3n) is 6.44. The number of rotatable bonds is 12. The summed E-state index contributed by atoms with van der Waals surface area (Å²) in [6, 6.07) is 7.32. The van der Waals surface area contributed by atoms with E-state index in [1.54, 1.807) is 24.5 Å². The number of unbranched alkanes of at least 4 members (excludes halogenated alkanes) is 2. The Morgan fingerprint density at radius 1 is 0.750 bits per heavy atom. The van der Waals surface area contributed by atoms with Crippen LogP contribution in [0.2, 0.25) is 0 Å². The molecule has 0 N–H and O–H groups in total. The minimum atomic E-state index is -0.323. The number of aromatic nitrogens is 2. The lowest BCUT2D eigenvalue weighted by Gasteiger charge is -2.36. The fraction of sp³-hybridized carbons (Fsp3) is 0.571. The number of hydrogen-bond donors (Lipinski definition) is 0. The van der Waals surface area contributed by atoms with Gasteiger partial charge in [0.2, 0.25) is 0 Å². The Morgan fingerprint density at radius 2 is 1.14 bits per heavy atom. The van der Waals surface area contributed by atoms with E-state index < -0.39 is 0 Å². The summed E-state index contributed by atoms with van der Waals surface area (Å²) in [6.45, 7) is 11.2. The van der Waals surface area contributed by atoms with Gasteiger partial charge in [-0.1, -0.05) is 39.5 Å². The largest absolute Gasteiger partial charge is 0.459 e. The summed E-state index contributed by atoms with van der Waals surface area (Å²) in [4.78, 5) is 38.1. The van der Waals surface area contributed by atoms with Crippen LogP contribution in [0, 0.1) is 0 Å². The molecule has 1 unspecified atom stereocenters. The van der Waals surface area contributed by atoms with Crippen LogP contribution in [0.5, 0.6) is 0 Å². The van der Waals surface area contributed by atoms with E-state index in [9.17, 15) is 9.59 Å². The SMILES string of the molecule is CCCCC(C)OC(=O)c1ccc(N2CCN(c3ccc(C(=O)O[C@@H](C)CCCC)cn3)CC2)nc1. The highest BCUT2D eigenvalue weighted by atomic mass is 16.5. The quantitative estimate of drug-likeness (QED) is 0.367. The summed E-state index contributed by atoms with van der Waals surface area (Å²) >= 11 is 0. The molecule has 8 heteroatoms. The fourth-order valence-corrected chi connectivity index (χ4v) is 4.15. The van der Waals surface area contributed by atoms with Crippen molar-refractivity contribution < 1.29 is 19.1 Å². The van der Waals surface area contributed by atoms with E-state index in [2.05, 4.69) is 33.6 Å². The third-order valence-corrected chi connectivity index (χ3v) is 6.44. The minimum Gasteiger partial charge on any atom is -0.459 e. The fourth-order valence-electron chi connectivity index (χ4n) is 4.15. The van der Waals surface area contributed by atoms with Crippen LogP contribution in [-0.2, 0) is 9.47 Å². The Kier molecular flexibility index (Phi) is 10.5. The molecule has 3 heterocycles. The second-order valence-corrected chi connectivity index (χ2v) is 9.50. The van der Waals surface area contributed by atoms with Crippen molar-refractivity contribution in [2.45, 2.75) is 78.4 Å². The molecule has 36 heavy (non-hydrogen) atoms. The van der Waals surface area contributed by atoms with E-state index in [1.165, 1.54) is 0 Å². The van der Waals surface area contributed by atoms with Crippen LogP contribution in [0.25, 0.3) is 0 Å². The number of carbonyl (C=O) groups excluding carboxylic acids is 2. The van der Waals surface area contributed by atoms with E-state index in [-0.39, 0.29) is 24.1 Å². The highest BCUT2D eigenvalue weighted by molar-refractivity contribution is 5.89. The highest BCUT2D eigenvalue weighted by Crippen LogP contribution is 2.19. The highest BCUT2D eigenvalue weighted by Gasteiger charge is 2.21. The molecule has 196 valence electrons. The molecule has 8 nitrogen and oxygen atoms in total. The summed E-state index contributed by atoms with van der Waals surface area (Å²) in [5, 5.41) is 0. The van der Waals surface area contributed by atoms with Crippen molar-refractivity contribution in [3.63, 3.8) is 0 Å². The van der Waals surface area contributed by atoms with Gasteiger partial charge in [-0.05, 0) is 51.0 Å². The predicted molar refractivity (Wildman–Crippen MR) is 142 cm³/mol. The van der Waals surface area contributed by atoms with Gasteiger partial charge in [-0.2, -0.15) is 0 Å². The second-order valence-electron chi connectivity index (χ2n) is 9.50. The molecule has 1 aliphatic heterocycles. The number of ether oxygens (including phenoxy) is 2. The van der Waals surface area contributed by atoms with Crippen LogP contribution in [0.3, 0.4) is 0 Å². The summed E-state index contributed by atoms with van der Waals surface area (Å²) in [5.74, 6) is 1.04. The number of carbonyl (C=O) groups is 2. The van der Waals surface area contributed by atoms with Crippen molar-refractivity contribution in [2.24, 2.45) is 0 Å². The molecule has 0 radical (unpaired) electrons. The number of nitrogens with zero attached hydrogens (tertiary/aromatic N) is 4. The van der Waals surface area contributed by atoms with Gasteiger partial charge in [0, 0.05) is 38.6 Å². The van der Waals surface area contributed by atoms with Gasteiger partial charge in [0.05, 0.1) is 23.3 Å². The van der Waals surface area contributed by atoms with Crippen molar-refractivity contribution in [3.8, 4) is 0 Å². The monoisotopic (exact) mass is 496 g/mol. The number of anilines is 2. The maximum absolute atomic E-state index is 12.3. The van der Waals surface area contributed by atoms with Gasteiger partial charge in [-0.15, -0.1) is 0 Å². The van der Waals surface area contributed by atoms with Crippen LogP contribution in [0.4, 0.5) is 11.6 Å². The first-order chi connectivity index (χ1) is 17.4. The topological polar surface area (TPSA) is 84.9 Å². The van der Waals surface area contributed by atoms with Crippen molar-refractivity contribution in [2.75, 3.05) is 36.0 Å². The van der Waals surface area contributed by atoms with Gasteiger partial charge in [-0.25, -0.2) is 19.6 Å². The molecule has 0 aliphatic carbocycles. The van der Waals surface area contributed by atoms with Crippen molar-refractivity contribution >= 4 is 23.6 Å². The van der Waals surface area contributed by atoms with Crippen molar-refractivity contribution in [1.29, 1.82) is 0 Å². The molecule has 0 aromatic carbocycles. The lowest BCUT2D eigenvalue weighted by molar-refractivity contribution is 0.0309. The molecule has 0 amide bonds. The van der Waals surface area contributed by atoms with Gasteiger partial charge in [-0.3, -0.25) is 0 Å². The van der Waals surface area contributed by atoms with Gasteiger partial charge in [0.25, 0.3) is 0 Å². The maximum atomic E-state index is 12.3. The Morgan fingerprint density at radius 3 is 1.44 bits per heavy atom. The number of hydrogen-bond acceptors (Lipinski definition) is 8. The molecule has 3 rings (SSSR count). The first-order valence-electron chi connectivity index (χ1n) is 13.2. The summed E-state index contributed by atoms with van der Waals surface area (Å²) in [5.41, 5.74) is 0.951. The molecule has 2 aromatic rings. The number of esters is 2. The average molecular weight is 497 g/mol. The van der Waals surface area contributed by atoms with E-state index in [1.807, 2.05) is 26.0 Å². The first kappa shape index (κ1) is 27.4. The van der Waals surface area contributed by atoms with Crippen LogP contribution >= 0.6 is 0 Å². The first-order valence-corrected chi connectivity index (χ1v) is 13.2. The van der Waals surface area contributed by atoms with Crippen LogP contribution in [-0.4, -0.2) is 60.3 Å². The Labute approximate surface area is 215 Å². The molecule has 1 fully saturated rings. The lowest BCUT2D eigenvalue weighted by atomic mass is 10.2. The summed E-state index contributed by atoms with van der Waals surface area (Å²) in [6.07, 6.45) is 9.01. The smallest absolute Gasteiger partial charge is 0.339 e.